The summed E-state index contributed by atoms with van der Waals surface area (Å²) in [5.41, 5.74) is 2.36. The van der Waals surface area contributed by atoms with Crippen molar-refractivity contribution < 1.29 is 4.79 Å². The number of hydrogen-bond acceptors (Lipinski definition) is 3. The molecule has 1 amide bonds. The van der Waals surface area contributed by atoms with Gasteiger partial charge < -0.3 is 10.2 Å². The van der Waals surface area contributed by atoms with Crippen LogP contribution in [0.25, 0.3) is 0 Å². The van der Waals surface area contributed by atoms with Crippen LogP contribution < -0.4 is 5.32 Å². The van der Waals surface area contributed by atoms with Gasteiger partial charge in [0.25, 0.3) is 5.91 Å². The molecule has 0 bridgehead atoms. The molecule has 1 aromatic rings. The molecule has 17 heavy (non-hydrogen) atoms. The van der Waals surface area contributed by atoms with Crippen LogP contribution in [0.2, 0.25) is 0 Å². The molecule has 94 valence electrons. The average Bonchev–Trinajstić information content (AvgIpc) is 2.27. The van der Waals surface area contributed by atoms with Gasteiger partial charge in [-0.2, -0.15) is 0 Å². The monoisotopic (exact) mass is 235 g/mol. The topological polar surface area (TPSA) is 45.2 Å². The van der Waals surface area contributed by atoms with Gasteiger partial charge in [-0.3, -0.25) is 9.78 Å². The van der Waals surface area contributed by atoms with E-state index in [9.17, 15) is 4.79 Å². The summed E-state index contributed by atoms with van der Waals surface area (Å²) in [6.07, 6.45) is 1.64. The Hall–Kier alpha value is -1.58. The number of hydrogen-bond donors (Lipinski definition) is 1. The molecule has 1 N–H and O–H groups in total. The number of aryl methyl sites for hydroxylation is 1. The number of carbonyl (C=O) groups is 1. The highest BCUT2D eigenvalue weighted by Crippen LogP contribution is 2.17. The highest BCUT2D eigenvalue weighted by atomic mass is 16.2. The van der Waals surface area contributed by atoms with Crippen molar-refractivity contribution in [3.05, 3.63) is 23.5 Å². The molecule has 0 fully saturated rings. The summed E-state index contributed by atoms with van der Waals surface area (Å²) < 4.78 is 0. The number of nitrogens with one attached hydrogen (secondary N) is 1. The van der Waals surface area contributed by atoms with Crippen molar-refractivity contribution in [1.82, 2.24) is 9.88 Å². The summed E-state index contributed by atoms with van der Waals surface area (Å²) in [6, 6.07) is 1.89. The standard InChI is InChI=1S/C13H21N3O/c1-9(2)8-16(5)13(17)11-7-15-10(3)6-12(11)14-4/h6-7,9H,8H2,1-5H3,(H,14,15). The molecule has 4 heteroatoms. The molecule has 0 spiro atoms. The van der Waals surface area contributed by atoms with E-state index in [0.717, 1.165) is 17.9 Å². The number of nitrogens with zero attached hydrogens (tertiary/aromatic N) is 2. The Bertz CT molecular complexity index is 402. The average molecular weight is 235 g/mol. The molecule has 0 aliphatic carbocycles. The maximum Gasteiger partial charge on any atom is 0.257 e. The van der Waals surface area contributed by atoms with E-state index in [1.54, 1.807) is 11.1 Å². The van der Waals surface area contributed by atoms with Crippen LogP contribution in [0.15, 0.2) is 12.3 Å². The van der Waals surface area contributed by atoms with Crippen molar-refractivity contribution >= 4 is 11.6 Å². The van der Waals surface area contributed by atoms with Crippen LogP contribution in [0.4, 0.5) is 5.69 Å². The molecule has 0 aliphatic heterocycles. The van der Waals surface area contributed by atoms with Gasteiger partial charge in [0.05, 0.1) is 11.3 Å². The maximum absolute atomic E-state index is 12.2. The van der Waals surface area contributed by atoms with Gasteiger partial charge in [0, 0.05) is 32.5 Å². The molecule has 1 rings (SSSR count). The van der Waals surface area contributed by atoms with E-state index >= 15 is 0 Å². The van der Waals surface area contributed by atoms with Crippen LogP contribution in [0.3, 0.4) is 0 Å². The fourth-order valence-corrected chi connectivity index (χ4v) is 1.77. The second kappa shape index (κ2) is 5.66. The molecule has 1 aromatic heterocycles. The van der Waals surface area contributed by atoms with Crippen LogP contribution in [-0.2, 0) is 0 Å². The summed E-state index contributed by atoms with van der Waals surface area (Å²) in [5.74, 6) is 0.468. The third-order valence-corrected chi connectivity index (χ3v) is 2.53. The fourth-order valence-electron chi connectivity index (χ4n) is 1.77. The van der Waals surface area contributed by atoms with Gasteiger partial charge in [-0.15, -0.1) is 0 Å². The van der Waals surface area contributed by atoms with E-state index in [4.69, 9.17) is 0 Å². The van der Waals surface area contributed by atoms with E-state index in [1.807, 2.05) is 27.1 Å². The SMILES string of the molecule is CNc1cc(C)ncc1C(=O)N(C)CC(C)C. The molecule has 0 aliphatic rings. The van der Waals surface area contributed by atoms with E-state index in [1.165, 1.54) is 0 Å². The van der Waals surface area contributed by atoms with Crippen LogP contribution >= 0.6 is 0 Å². The lowest BCUT2D eigenvalue weighted by atomic mass is 10.1. The van der Waals surface area contributed by atoms with Gasteiger partial charge >= 0.3 is 0 Å². The summed E-state index contributed by atoms with van der Waals surface area (Å²) in [5, 5.41) is 3.04. The van der Waals surface area contributed by atoms with Crippen molar-refractivity contribution in [3.8, 4) is 0 Å². The first kappa shape index (κ1) is 13.5. The summed E-state index contributed by atoms with van der Waals surface area (Å²) in [7, 11) is 3.63. The predicted octanol–water partition coefficient (Wildman–Crippen LogP) is 2.16. The summed E-state index contributed by atoms with van der Waals surface area (Å²) >= 11 is 0. The van der Waals surface area contributed by atoms with Crippen molar-refractivity contribution in [2.24, 2.45) is 5.92 Å². The first-order chi connectivity index (χ1) is 7.95. The Kier molecular flexibility index (Phi) is 4.49. The maximum atomic E-state index is 12.2. The second-order valence-electron chi connectivity index (χ2n) is 4.70. The molecule has 0 unspecified atom stereocenters. The third kappa shape index (κ3) is 3.44. The molecule has 4 nitrogen and oxygen atoms in total. The first-order valence-electron chi connectivity index (χ1n) is 5.85. The van der Waals surface area contributed by atoms with Crippen molar-refractivity contribution in [1.29, 1.82) is 0 Å². The lowest BCUT2D eigenvalue weighted by molar-refractivity contribution is 0.0779. The van der Waals surface area contributed by atoms with Crippen molar-refractivity contribution in [2.45, 2.75) is 20.8 Å². The van der Waals surface area contributed by atoms with Gasteiger partial charge in [0.2, 0.25) is 0 Å². The Balaban J connectivity index is 2.95. The van der Waals surface area contributed by atoms with E-state index in [-0.39, 0.29) is 5.91 Å². The molecule has 0 aromatic carbocycles. The number of amides is 1. The Morgan fingerprint density at radius 3 is 2.71 bits per heavy atom. The van der Waals surface area contributed by atoms with Gasteiger partial charge in [0.1, 0.15) is 0 Å². The number of carbonyl (C=O) groups excluding carboxylic acids is 1. The van der Waals surface area contributed by atoms with E-state index in [0.29, 0.717) is 11.5 Å². The highest BCUT2D eigenvalue weighted by Gasteiger charge is 2.16. The molecule has 0 saturated carbocycles. The van der Waals surface area contributed by atoms with Gasteiger partial charge in [-0.05, 0) is 18.9 Å². The highest BCUT2D eigenvalue weighted by molar-refractivity contribution is 5.99. The number of aromatic nitrogens is 1. The third-order valence-electron chi connectivity index (χ3n) is 2.53. The Morgan fingerprint density at radius 2 is 2.18 bits per heavy atom. The van der Waals surface area contributed by atoms with Crippen LogP contribution in [0, 0.1) is 12.8 Å². The zero-order chi connectivity index (χ0) is 13.0. The molecule has 1 heterocycles. The largest absolute Gasteiger partial charge is 0.387 e. The van der Waals surface area contributed by atoms with Crippen LogP contribution in [0.1, 0.15) is 29.9 Å². The van der Waals surface area contributed by atoms with E-state index < -0.39 is 0 Å². The van der Waals surface area contributed by atoms with Crippen molar-refractivity contribution in [3.63, 3.8) is 0 Å². The second-order valence-corrected chi connectivity index (χ2v) is 4.70. The quantitative estimate of drug-likeness (QED) is 0.869. The zero-order valence-corrected chi connectivity index (χ0v) is 11.2. The molecule has 0 atom stereocenters. The predicted molar refractivity (Wildman–Crippen MR) is 70.3 cm³/mol. The smallest absolute Gasteiger partial charge is 0.257 e. The zero-order valence-electron chi connectivity index (χ0n) is 11.2. The lowest BCUT2D eigenvalue weighted by Gasteiger charge is -2.20. The van der Waals surface area contributed by atoms with Gasteiger partial charge in [-0.25, -0.2) is 0 Å². The minimum Gasteiger partial charge on any atom is -0.387 e. The fraction of sp³-hybridized carbons (Fsp3) is 0.538. The van der Waals surface area contributed by atoms with Crippen molar-refractivity contribution in [2.75, 3.05) is 26.0 Å². The van der Waals surface area contributed by atoms with Gasteiger partial charge in [-0.1, -0.05) is 13.8 Å². The molecular formula is C13H21N3O. The molecule has 0 saturated heterocycles. The van der Waals surface area contributed by atoms with Crippen LogP contribution in [0.5, 0.6) is 0 Å². The van der Waals surface area contributed by atoms with Crippen LogP contribution in [-0.4, -0.2) is 36.4 Å². The molecular weight excluding hydrogens is 214 g/mol. The lowest BCUT2D eigenvalue weighted by Crippen LogP contribution is -2.30. The minimum absolute atomic E-state index is 0.00977. The van der Waals surface area contributed by atoms with Gasteiger partial charge in [0.15, 0.2) is 0 Å². The summed E-state index contributed by atoms with van der Waals surface area (Å²) in [6.45, 7) is 6.84. The minimum atomic E-state index is 0.00977. The Labute approximate surface area is 103 Å². The number of rotatable bonds is 4. The normalized spacial score (nSPS) is 10.5. The Morgan fingerprint density at radius 1 is 1.53 bits per heavy atom. The van der Waals surface area contributed by atoms with E-state index in [2.05, 4.69) is 24.1 Å². The number of pyridine rings is 1. The molecule has 0 radical (unpaired) electrons. The number of anilines is 1. The first-order valence-corrected chi connectivity index (χ1v) is 5.85. The summed E-state index contributed by atoms with van der Waals surface area (Å²) in [4.78, 5) is 18.1.